The minimum Gasteiger partial charge on any atom is -0.360 e. The Kier molecular flexibility index (Phi) is 4.65. The molecule has 3 aromatic rings. The van der Waals surface area contributed by atoms with Gasteiger partial charge in [0, 0.05) is 34.9 Å². The highest BCUT2D eigenvalue weighted by atomic mass is 35.5. The predicted octanol–water partition coefficient (Wildman–Crippen LogP) is 3.19. The number of hydrogen-bond acceptors (Lipinski definition) is 4. The van der Waals surface area contributed by atoms with Gasteiger partial charge in [-0.2, -0.15) is 0 Å². The summed E-state index contributed by atoms with van der Waals surface area (Å²) < 4.78 is 23.0. The largest absolute Gasteiger partial charge is 0.360 e. The molecule has 0 bridgehead atoms. The van der Waals surface area contributed by atoms with Crippen LogP contribution in [0.3, 0.4) is 0 Å². The van der Waals surface area contributed by atoms with E-state index in [2.05, 4.69) is 15.3 Å². The van der Waals surface area contributed by atoms with Crippen molar-refractivity contribution in [1.29, 1.82) is 0 Å². The Morgan fingerprint density at radius 3 is 2.56 bits per heavy atom. The number of benzene rings is 1. The Labute approximate surface area is 161 Å². The number of nitrogens with one attached hydrogen (secondary N) is 2. The van der Waals surface area contributed by atoms with Crippen LogP contribution in [0.2, 0.25) is 5.02 Å². The molecule has 27 heavy (non-hydrogen) atoms. The number of amides is 1. The zero-order valence-electron chi connectivity index (χ0n) is 14.4. The Bertz CT molecular complexity index is 1090. The summed E-state index contributed by atoms with van der Waals surface area (Å²) >= 11 is 6.15. The van der Waals surface area contributed by atoms with Crippen molar-refractivity contribution in [3.8, 4) is 11.3 Å². The normalized spacial score (nSPS) is 17.1. The van der Waals surface area contributed by atoms with E-state index in [1.807, 2.05) is 24.4 Å². The van der Waals surface area contributed by atoms with Crippen LogP contribution in [0.15, 0.2) is 42.7 Å². The second kappa shape index (κ2) is 6.98. The van der Waals surface area contributed by atoms with E-state index in [0.717, 1.165) is 22.2 Å². The second-order valence-electron chi connectivity index (χ2n) is 6.70. The monoisotopic (exact) mass is 403 g/mol. The van der Waals surface area contributed by atoms with Crippen molar-refractivity contribution in [2.45, 2.75) is 18.9 Å². The Balaban J connectivity index is 1.51. The van der Waals surface area contributed by atoms with Gasteiger partial charge in [0.25, 0.3) is 5.91 Å². The summed E-state index contributed by atoms with van der Waals surface area (Å²) in [6.07, 6.45) is 4.35. The van der Waals surface area contributed by atoms with E-state index in [9.17, 15) is 13.2 Å². The first kappa shape index (κ1) is 18.0. The van der Waals surface area contributed by atoms with Gasteiger partial charge in [0.05, 0.1) is 27.7 Å². The molecule has 0 spiro atoms. The smallest absolute Gasteiger partial charge is 0.251 e. The first-order valence-electron chi connectivity index (χ1n) is 8.66. The SMILES string of the molecule is O=C(NC1CCS(=O)(=O)CC1)c1ccc(-c2ncc(Cl)c3[nH]ccc23)cc1. The molecule has 3 heterocycles. The van der Waals surface area contributed by atoms with Gasteiger partial charge in [0.1, 0.15) is 9.84 Å². The van der Waals surface area contributed by atoms with Crippen molar-refractivity contribution < 1.29 is 13.2 Å². The van der Waals surface area contributed by atoms with Crippen molar-refractivity contribution >= 4 is 38.2 Å². The van der Waals surface area contributed by atoms with Crippen molar-refractivity contribution in [2.75, 3.05) is 11.5 Å². The Hall–Kier alpha value is -2.38. The predicted molar refractivity (Wildman–Crippen MR) is 106 cm³/mol. The third kappa shape index (κ3) is 3.70. The Morgan fingerprint density at radius 2 is 1.85 bits per heavy atom. The lowest BCUT2D eigenvalue weighted by atomic mass is 10.0. The van der Waals surface area contributed by atoms with Crippen LogP contribution in [0.5, 0.6) is 0 Å². The van der Waals surface area contributed by atoms with Gasteiger partial charge < -0.3 is 10.3 Å². The van der Waals surface area contributed by atoms with E-state index in [-0.39, 0.29) is 23.5 Å². The van der Waals surface area contributed by atoms with Gasteiger partial charge in [-0.25, -0.2) is 8.42 Å². The van der Waals surface area contributed by atoms with Crippen LogP contribution in [-0.2, 0) is 9.84 Å². The number of rotatable bonds is 3. The number of aromatic nitrogens is 2. The summed E-state index contributed by atoms with van der Waals surface area (Å²) in [5.74, 6) is 0.0686. The van der Waals surface area contributed by atoms with Crippen molar-refractivity contribution in [1.82, 2.24) is 15.3 Å². The summed E-state index contributed by atoms with van der Waals surface area (Å²) in [5, 5.41) is 4.40. The molecule has 1 fully saturated rings. The van der Waals surface area contributed by atoms with E-state index in [0.29, 0.717) is 23.4 Å². The first-order chi connectivity index (χ1) is 12.9. The summed E-state index contributed by atoms with van der Waals surface area (Å²) in [6, 6.07) is 9.02. The number of pyridine rings is 1. The zero-order valence-corrected chi connectivity index (χ0v) is 16.0. The lowest BCUT2D eigenvalue weighted by Crippen LogP contribution is -2.40. The van der Waals surface area contributed by atoms with E-state index in [4.69, 9.17) is 11.6 Å². The van der Waals surface area contributed by atoms with Crippen molar-refractivity contribution in [3.05, 3.63) is 53.3 Å². The molecule has 0 radical (unpaired) electrons. The molecular weight excluding hydrogens is 386 g/mol. The molecular formula is C19H18ClN3O3S. The molecule has 1 aromatic carbocycles. The maximum absolute atomic E-state index is 12.4. The molecule has 2 N–H and O–H groups in total. The quantitative estimate of drug-likeness (QED) is 0.702. The van der Waals surface area contributed by atoms with Crippen LogP contribution in [0.25, 0.3) is 22.2 Å². The molecule has 1 amide bonds. The average molecular weight is 404 g/mol. The molecule has 1 saturated heterocycles. The number of fused-ring (bicyclic) bond motifs is 1. The molecule has 1 aliphatic heterocycles. The third-order valence-electron chi connectivity index (χ3n) is 4.86. The molecule has 0 atom stereocenters. The molecule has 4 rings (SSSR count). The first-order valence-corrected chi connectivity index (χ1v) is 10.9. The number of aromatic amines is 1. The van der Waals surface area contributed by atoms with Gasteiger partial charge in [0.2, 0.25) is 0 Å². The minimum atomic E-state index is -2.94. The fourth-order valence-corrected chi connectivity index (χ4v) is 5.03. The van der Waals surface area contributed by atoms with E-state index < -0.39 is 9.84 Å². The van der Waals surface area contributed by atoms with Crippen molar-refractivity contribution in [3.63, 3.8) is 0 Å². The van der Waals surface area contributed by atoms with E-state index >= 15 is 0 Å². The standard InChI is InChI=1S/C19H18ClN3O3S/c20-16-11-22-17(15-5-8-21-18(15)16)12-1-3-13(4-2-12)19(24)23-14-6-9-27(25,26)10-7-14/h1-5,8,11,14,21H,6-7,9-10H2,(H,23,24). The van der Waals surface area contributed by atoms with Crippen LogP contribution in [0, 0.1) is 0 Å². The highest BCUT2D eigenvalue weighted by Gasteiger charge is 2.25. The summed E-state index contributed by atoms with van der Waals surface area (Å²) in [5.41, 5.74) is 3.04. The van der Waals surface area contributed by atoms with E-state index in [1.165, 1.54) is 0 Å². The number of halogens is 1. The van der Waals surface area contributed by atoms with Gasteiger partial charge in [-0.15, -0.1) is 0 Å². The molecule has 2 aromatic heterocycles. The second-order valence-corrected chi connectivity index (χ2v) is 9.41. The molecule has 0 saturated carbocycles. The van der Waals surface area contributed by atoms with Gasteiger partial charge in [-0.05, 0) is 31.0 Å². The van der Waals surface area contributed by atoms with E-state index in [1.54, 1.807) is 18.3 Å². The summed E-state index contributed by atoms with van der Waals surface area (Å²) in [4.78, 5) is 20.0. The minimum absolute atomic E-state index is 0.0990. The van der Waals surface area contributed by atoms with Gasteiger partial charge in [-0.1, -0.05) is 23.7 Å². The lowest BCUT2D eigenvalue weighted by Gasteiger charge is -2.23. The third-order valence-corrected chi connectivity index (χ3v) is 6.86. The van der Waals surface area contributed by atoms with Gasteiger partial charge in [0.15, 0.2) is 0 Å². The van der Waals surface area contributed by atoms with Crippen LogP contribution in [0.1, 0.15) is 23.2 Å². The highest BCUT2D eigenvalue weighted by molar-refractivity contribution is 7.91. The van der Waals surface area contributed by atoms with Crippen LogP contribution in [-0.4, -0.2) is 41.8 Å². The fourth-order valence-electron chi connectivity index (χ4n) is 3.33. The van der Waals surface area contributed by atoms with Crippen LogP contribution >= 0.6 is 11.6 Å². The number of nitrogens with zero attached hydrogens (tertiary/aromatic N) is 1. The van der Waals surface area contributed by atoms with Gasteiger partial charge in [-0.3, -0.25) is 9.78 Å². The molecule has 8 heteroatoms. The highest BCUT2D eigenvalue weighted by Crippen LogP contribution is 2.30. The average Bonchev–Trinajstić information content (AvgIpc) is 3.15. The molecule has 6 nitrogen and oxygen atoms in total. The molecule has 0 unspecified atom stereocenters. The lowest BCUT2D eigenvalue weighted by molar-refractivity contribution is 0.0934. The van der Waals surface area contributed by atoms with Crippen molar-refractivity contribution in [2.24, 2.45) is 0 Å². The number of carbonyl (C=O) groups excluding carboxylic acids is 1. The fraction of sp³-hybridized carbons (Fsp3) is 0.263. The number of sulfone groups is 1. The molecule has 0 aliphatic carbocycles. The van der Waals surface area contributed by atoms with Gasteiger partial charge >= 0.3 is 0 Å². The summed E-state index contributed by atoms with van der Waals surface area (Å²) in [7, 11) is -2.94. The maximum Gasteiger partial charge on any atom is 0.251 e. The number of H-pyrrole nitrogens is 1. The Morgan fingerprint density at radius 1 is 1.15 bits per heavy atom. The summed E-state index contributed by atoms with van der Waals surface area (Å²) in [6.45, 7) is 0. The molecule has 1 aliphatic rings. The van der Waals surface area contributed by atoms with Crippen LogP contribution < -0.4 is 5.32 Å². The number of carbonyl (C=O) groups is 1. The van der Waals surface area contributed by atoms with Crippen LogP contribution in [0.4, 0.5) is 0 Å². The molecule has 140 valence electrons. The maximum atomic E-state index is 12.4. The number of hydrogen-bond donors (Lipinski definition) is 2. The topological polar surface area (TPSA) is 91.9 Å². The zero-order chi connectivity index (χ0) is 19.0.